The molecule has 1 saturated heterocycles. The van der Waals surface area contributed by atoms with Crippen molar-refractivity contribution in [2.24, 2.45) is 5.92 Å². The summed E-state index contributed by atoms with van der Waals surface area (Å²) >= 11 is 5.85. The number of carbonyl (C=O) groups is 2. The molecule has 90 valence electrons. The quantitative estimate of drug-likeness (QED) is 0.838. The van der Waals surface area contributed by atoms with Gasteiger partial charge < -0.3 is 0 Å². The molecular weight excluding hydrogens is 240 g/mol. The van der Waals surface area contributed by atoms with Gasteiger partial charge in [0, 0.05) is 5.02 Å². The first-order chi connectivity index (χ1) is 8.13. The summed E-state index contributed by atoms with van der Waals surface area (Å²) in [5.74, 6) is -1.02. The topological polar surface area (TPSA) is 49.4 Å². The van der Waals surface area contributed by atoms with Crippen molar-refractivity contribution in [2.75, 3.05) is 5.01 Å². The number of hydrazine groups is 1. The van der Waals surface area contributed by atoms with Crippen molar-refractivity contribution in [3.8, 4) is 0 Å². The van der Waals surface area contributed by atoms with Crippen LogP contribution in [0.15, 0.2) is 24.3 Å². The number of anilines is 1. The van der Waals surface area contributed by atoms with E-state index < -0.39 is 5.92 Å². The van der Waals surface area contributed by atoms with Gasteiger partial charge in [-0.1, -0.05) is 31.0 Å². The molecule has 17 heavy (non-hydrogen) atoms. The molecule has 5 heteroatoms. The molecule has 1 aliphatic heterocycles. The molecule has 1 N–H and O–H groups in total. The minimum absolute atomic E-state index is 0.209. The highest BCUT2D eigenvalue weighted by Gasteiger charge is 2.39. The fourth-order valence-corrected chi connectivity index (χ4v) is 2.05. The maximum absolute atomic E-state index is 12.0. The minimum atomic E-state index is -0.570. The number of nitrogens with zero attached hydrogens (tertiary/aromatic N) is 1. The largest absolute Gasteiger partial charge is 0.272 e. The van der Waals surface area contributed by atoms with Crippen LogP contribution in [0.25, 0.3) is 0 Å². The van der Waals surface area contributed by atoms with E-state index in [0.717, 1.165) is 6.42 Å². The molecule has 2 rings (SSSR count). The van der Waals surface area contributed by atoms with Gasteiger partial charge in [-0.05, 0) is 24.6 Å². The van der Waals surface area contributed by atoms with Crippen LogP contribution in [0.2, 0.25) is 5.02 Å². The Morgan fingerprint density at radius 3 is 2.82 bits per heavy atom. The Hall–Kier alpha value is -1.55. The second kappa shape index (κ2) is 4.75. The maximum atomic E-state index is 12.0. The maximum Gasteiger partial charge on any atom is 0.258 e. The number of hydrogen-bond donors (Lipinski definition) is 1. The van der Waals surface area contributed by atoms with Crippen molar-refractivity contribution < 1.29 is 9.59 Å². The summed E-state index contributed by atoms with van der Waals surface area (Å²) in [6, 6.07) is 6.84. The van der Waals surface area contributed by atoms with Crippen LogP contribution in [0, 0.1) is 5.92 Å². The fourth-order valence-electron chi connectivity index (χ4n) is 1.86. The van der Waals surface area contributed by atoms with Crippen LogP contribution in [-0.2, 0) is 9.59 Å². The smallest absolute Gasteiger partial charge is 0.258 e. The molecule has 1 heterocycles. The molecule has 0 aromatic heterocycles. The van der Waals surface area contributed by atoms with Crippen molar-refractivity contribution in [3.05, 3.63) is 29.3 Å². The first kappa shape index (κ1) is 11.9. The summed E-state index contributed by atoms with van der Waals surface area (Å²) < 4.78 is 0. The first-order valence-electron chi connectivity index (χ1n) is 5.53. The molecule has 1 fully saturated rings. The van der Waals surface area contributed by atoms with Gasteiger partial charge in [0.25, 0.3) is 11.8 Å². The number of hydrogen-bond acceptors (Lipinski definition) is 2. The van der Waals surface area contributed by atoms with E-state index in [1.807, 2.05) is 6.92 Å². The SMILES string of the molecule is CCCC1C(=O)NN(c2cccc(Cl)c2)C1=O. The highest BCUT2D eigenvalue weighted by atomic mass is 35.5. The van der Waals surface area contributed by atoms with Crippen LogP contribution in [0.4, 0.5) is 5.69 Å². The summed E-state index contributed by atoms with van der Waals surface area (Å²) in [5.41, 5.74) is 3.16. The van der Waals surface area contributed by atoms with E-state index in [1.54, 1.807) is 24.3 Å². The van der Waals surface area contributed by atoms with Gasteiger partial charge in [0.05, 0.1) is 5.69 Å². The van der Waals surface area contributed by atoms with Gasteiger partial charge in [-0.2, -0.15) is 0 Å². The minimum Gasteiger partial charge on any atom is -0.272 e. The lowest BCUT2D eigenvalue weighted by atomic mass is 10.0. The summed E-state index contributed by atoms with van der Waals surface area (Å²) in [4.78, 5) is 23.7. The number of halogens is 1. The van der Waals surface area contributed by atoms with E-state index in [9.17, 15) is 9.59 Å². The highest BCUT2D eigenvalue weighted by Crippen LogP contribution is 2.24. The molecule has 1 aliphatic rings. The zero-order chi connectivity index (χ0) is 12.4. The molecular formula is C12H13ClN2O2. The second-order valence-corrected chi connectivity index (χ2v) is 4.41. The highest BCUT2D eigenvalue weighted by molar-refractivity contribution is 6.31. The molecule has 0 radical (unpaired) electrons. The van der Waals surface area contributed by atoms with Gasteiger partial charge in [-0.15, -0.1) is 0 Å². The summed E-state index contributed by atoms with van der Waals surface area (Å²) in [6.07, 6.45) is 1.37. The van der Waals surface area contributed by atoms with Crippen molar-refractivity contribution in [2.45, 2.75) is 19.8 Å². The van der Waals surface area contributed by atoms with E-state index in [0.29, 0.717) is 17.1 Å². The van der Waals surface area contributed by atoms with E-state index in [1.165, 1.54) is 5.01 Å². The average molecular weight is 253 g/mol. The van der Waals surface area contributed by atoms with Gasteiger partial charge in [0.1, 0.15) is 5.92 Å². The predicted molar refractivity (Wildman–Crippen MR) is 65.5 cm³/mol. The molecule has 2 amide bonds. The zero-order valence-electron chi connectivity index (χ0n) is 9.44. The molecule has 1 aromatic rings. The lowest BCUT2D eigenvalue weighted by Gasteiger charge is -2.15. The van der Waals surface area contributed by atoms with Gasteiger partial charge in [-0.25, -0.2) is 5.01 Å². The Kier molecular flexibility index (Phi) is 3.33. The molecule has 0 bridgehead atoms. The molecule has 1 atom stereocenters. The monoisotopic (exact) mass is 252 g/mol. The number of amides is 2. The van der Waals surface area contributed by atoms with E-state index >= 15 is 0 Å². The number of benzene rings is 1. The van der Waals surface area contributed by atoms with E-state index in [-0.39, 0.29) is 11.8 Å². The van der Waals surface area contributed by atoms with Crippen LogP contribution in [-0.4, -0.2) is 11.8 Å². The lowest BCUT2D eigenvalue weighted by molar-refractivity contribution is -0.127. The standard InChI is InChI=1S/C12H13ClN2O2/c1-2-4-10-11(16)14-15(12(10)17)9-6-3-5-8(13)7-9/h3,5-7,10H,2,4H2,1H3,(H,14,16). The average Bonchev–Trinajstić information content (AvgIpc) is 2.57. The fraction of sp³-hybridized carbons (Fsp3) is 0.333. The summed E-state index contributed by atoms with van der Waals surface area (Å²) in [7, 11) is 0. The third-order valence-corrected chi connectivity index (χ3v) is 2.94. The molecule has 0 saturated carbocycles. The summed E-state index contributed by atoms with van der Waals surface area (Å²) in [5, 5.41) is 1.80. The van der Waals surface area contributed by atoms with E-state index in [2.05, 4.69) is 5.43 Å². The van der Waals surface area contributed by atoms with E-state index in [4.69, 9.17) is 11.6 Å². The van der Waals surface area contributed by atoms with Crippen LogP contribution in [0.3, 0.4) is 0 Å². The van der Waals surface area contributed by atoms with Crippen molar-refractivity contribution in [3.63, 3.8) is 0 Å². The van der Waals surface area contributed by atoms with Crippen molar-refractivity contribution in [1.82, 2.24) is 5.43 Å². The van der Waals surface area contributed by atoms with Gasteiger partial charge in [0.15, 0.2) is 0 Å². The number of nitrogens with one attached hydrogen (secondary N) is 1. The Balaban J connectivity index is 2.24. The number of carbonyl (C=O) groups excluding carboxylic acids is 2. The second-order valence-electron chi connectivity index (χ2n) is 3.97. The van der Waals surface area contributed by atoms with Gasteiger partial charge in [0.2, 0.25) is 0 Å². The molecule has 1 aromatic carbocycles. The Bertz CT molecular complexity index is 462. The Morgan fingerprint density at radius 1 is 1.41 bits per heavy atom. The van der Waals surface area contributed by atoms with Crippen LogP contribution in [0.5, 0.6) is 0 Å². The van der Waals surface area contributed by atoms with Gasteiger partial charge in [-0.3, -0.25) is 15.0 Å². The van der Waals surface area contributed by atoms with Crippen LogP contribution in [0.1, 0.15) is 19.8 Å². The lowest BCUT2D eigenvalue weighted by Crippen LogP contribution is -2.35. The van der Waals surface area contributed by atoms with Crippen molar-refractivity contribution in [1.29, 1.82) is 0 Å². The Labute approximate surface area is 105 Å². The molecule has 0 aliphatic carbocycles. The number of rotatable bonds is 3. The van der Waals surface area contributed by atoms with Crippen LogP contribution < -0.4 is 10.4 Å². The molecule has 0 spiro atoms. The first-order valence-corrected chi connectivity index (χ1v) is 5.91. The van der Waals surface area contributed by atoms with Crippen LogP contribution >= 0.6 is 11.6 Å². The molecule has 1 unspecified atom stereocenters. The predicted octanol–water partition coefficient (Wildman–Crippen LogP) is 2.13. The zero-order valence-corrected chi connectivity index (χ0v) is 10.2. The third kappa shape index (κ3) is 2.26. The normalized spacial score (nSPS) is 19.6. The third-order valence-electron chi connectivity index (χ3n) is 2.70. The molecule has 4 nitrogen and oxygen atoms in total. The van der Waals surface area contributed by atoms with Crippen molar-refractivity contribution >= 4 is 29.1 Å². The summed E-state index contributed by atoms with van der Waals surface area (Å²) in [6.45, 7) is 1.95. The Morgan fingerprint density at radius 2 is 2.18 bits per heavy atom. The van der Waals surface area contributed by atoms with Gasteiger partial charge >= 0.3 is 0 Å².